The first-order valence-electron chi connectivity index (χ1n) is 7.67. The lowest BCUT2D eigenvalue weighted by atomic mass is 10.1. The molecule has 1 aromatic carbocycles. The van der Waals surface area contributed by atoms with Crippen molar-refractivity contribution in [3.05, 3.63) is 45.0 Å². The number of rotatable bonds is 8. The van der Waals surface area contributed by atoms with Crippen LogP contribution < -0.4 is 5.32 Å². The molecule has 0 fully saturated rings. The average Bonchev–Trinajstić information content (AvgIpc) is 3.02. The number of esters is 1. The van der Waals surface area contributed by atoms with E-state index in [9.17, 15) is 19.7 Å². The van der Waals surface area contributed by atoms with Crippen LogP contribution in [-0.2, 0) is 20.7 Å². The average molecular weight is 395 g/mol. The number of thiazole rings is 1. The smallest absolute Gasteiger partial charge is 0.311 e. The fraction of sp³-hybridized carbons (Fsp3) is 0.312. The molecule has 2 aromatic rings. The van der Waals surface area contributed by atoms with Gasteiger partial charge in [-0.25, -0.2) is 4.98 Å². The zero-order chi connectivity index (χ0) is 19.1. The van der Waals surface area contributed by atoms with Gasteiger partial charge < -0.3 is 10.1 Å². The Labute approximate surface area is 158 Å². The highest BCUT2D eigenvalue weighted by Gasteiger charge is 2.18. The predicted octanol–water partition coefficient (Wildman–Crippen LogP) is 3.20. The highest BCUT2D eigenvalue weighted by Crippen LogP contribution is 2.28. The second-order valence-electron chi connectivity index (χ2n) is 5.15. The quantitative estimate of drug-likeness (QED) is 0.316. The highest BCUT2D eigenvalue weighted by atomic mass is 32.2. The molecule has 0 aliphatic carbocycles. The van der Waals surface area contributed by atoms with Crippen LogP contribution in [-0.4, -0.2) is 34.1 Å². The van der Waals surface area contributed by atoms with Gasteiger partial charge in [-0.1, -0.05) is 23.9 Å². The van der Waals surface area contributed by atoms with Crippen molar-refractivity contribution in [2.75, 3.05) is 17.7 Å². The number of nitro groups is 1. The molecule has 0 aliphatic rings. The van der Waals surface area contributed by atoms with Crippen LogP contribution in [0.4, 0.5) is 11.4 Å². The third kappa shape index (κ3) is 5.53. The van der Waals surface area contributed by atoms with E-state index in [4.69, 9.17) is 4.74 Å². The van der Waals surface area contributed by atoms with Crippen LogP contribution in [0.2, 0.25) is 0 Å². The Hall–Kier alpha value is -2.46. The Kier molecular flexibility index (Phi) is 7.10. The van der Waals surface area contributed by atoms with E-state index in [0.717, 1.165) is 0 Å². The number of carbonyl (C=O) groups is 2. The number of nitrogens with zero attached hydrogens (tertiary/aromatic N) is 2. The fourth-order valence-corrected chi connectivity index (χ4v) is 3.71. The minimum absolute atomic E-state index is 0.0534. The monoisotopic (exact) mass is 395 g/mol. The number of ether oxygens (including phenoxy) is 1. The van der Waals surface area contributed by atoms with Crippen LogP contribution in [0.3, 0.4) is 0 Å². The molecule has 0 atom stereocenters. The number of hydrogen-bond acceptors (Lipinski definition) is 8. The number of carbonyl (C=O) groups excluding carboxylic acids is 2. The number of aromatic nitrogens is 1. The molecule has 0 radical (unpaired) electrons. The molecule has 1 heterocycles. The number of nitro benzene ring substituents is 1. The zero-order valence-corrected chi connectivity index (χ0v) is 15.8. The molecule has 1 N–H and O–H groups in total. The predicted molar refractivity (Wildman–Crippen MR) is 99.6 cm³/mol. The van der Waals surface area contributed by atoms with E-state index in [0.29, 0.717) is 22.2 Å². The van der Waals surface area contributed by atoms with Crippen molar-refractivity contribution >= 4 is 46.3 Å². The van der Waals surface area contributed by atoms with Crippen LogP contribution in [0.15, 0.2) is 27.9 Å². The largest absolute Gasteiger partial charge is 0.466 e. The van der Waals surface area contributed by atoms with Gasteiger partial charge in [-0.3, -0.25) is 19.7 Å². The molecular formula is C16H17N3O5S2. The standard InChI is InChI=1S/C16H17N3O5S2/c1-3-24-14(21)7-11-8-25-16(17-11)26-9-13(20)18-15-10(2)5-4-6-12(15)19(22)23/h4-6,8H,3,7,9H2,1-2H3,(H,18,20). The number of benzene rings is 1. The molecule has 0 unspecified atom stereocenters. The summed E-state index contributed by atoms with van der Waals surface area (Å²) in [6, 6.07) is 4.61. The lowest BCUT2D eigenvalue weighted by Gasteiger charge is -2.08. The Bertz CT molecular complexity index is 822. The summed E-state index contributed by atoms with van der Waals surface area (Å²) in [6.07, 6.45) is 0.0898. The molecule has 26 heavy (non-hydrogen) atoms. The number of thioether (sulfide) groups is 1. The molecule has 2 rings (SSSR count). The van der Waals surface area contributed by atoms with Gasteiger partial charge in [0.25, 0.3) is 5.69 Å². The van der Waals surface area contributed by atoms with Gasteiger partial charge >= 0.3 is 5.97 Å². The highest BCUT2D eigenvalue weighted by molar-refractivity contribution is 8.01. The van der Waals surface area contributed by atoms with E-state index < -0.39 is 4.92 Å². The fourth-order valence-electron chi connectivity index (χ4n) is 2.07. The first-order valence-corrected chi connectivity index (χ1v) is 9.54. The third-order valence-electron chi connectivity index (χ3n) is 3.20. The maximum atomic E-state index is 12.1. The van der Waals surface area contributed by atoms with Gasteiger partial charge in [-0.2, -0.15) is 0 Å². The second kappa shape index (κ2) is 9.30. The number of anilines is 1. The van der Waals surface area contributed by atoms with Crippen molar-refractivity contribution in [2.45, 2.75) is 24.6 Å². The van der Waals surface area contributed by atoms with Gasteiger partial charge in [0.2, 0.25) is 5.91 Å². The van der Waals surface area contributed by atoms with Crippen molar-refractivity contribution in [1.82, 2.24) is 4.98 Å². The van der Waals surface area contributed by atoms with Crippen LogP contribution in [0, 0.1) is 17.0 Å². The van der Waals surface area contributed by atoms with E-state index in [-0.39, 0.29) is 35.4 Å². The first kappa shape index (κ1) is 19.9. The van der Waals surface area contributed by atoms with Gasteiger partial charge in [0, 0.05) is 11.4 Å². The van der Waals surface area contributed by atoms with Crippen LogP contribution >= 0.6 is 23.1 Å². The summed E-state index contributed by atoms with van der Waals surface area (Å²) < 4.78 is 5.50. The van der Waals surface area contributed by atoms with Gasteiger partial charge in [0.05, 0.1) is 29.4 Å². The molecule has 0 saturated carbocycles. The normalized spacial score (nSPS) is 10.4. The van der Waals surface area contributed by atoms with Gasteiger partial charge in [0.1, 0.15) is 5.69 Å². The molecule has 0 aliphatic heterocycles. The molecule has 0 bridgehead atoms. The number of para-hydroxylation sites is 1. The van der Waals surface area contributed by atoms with E-state index in [1.807, 2.05) is 0 Å². The van der Waals surface area contributed by atoms with Gasteiger partial charge in [0.15, 0.2) is 4.34 Å². The molecular weight excluding hydrogens is 378 g/mol. The summed E-state index contributed by atoms with van der Waals surface area (Å²) in [5.41, 5.74) is 1.26. The van der Waals surface area contributed by atoms with Crippen molar-refractivity contribution in [2.24, 2.45) is 0 Å². The van der Waals surface area contributed by atoms with E-state index in [2.05, 4.69) is 10.3 Å². The molecule has 0 saturated heterocycles. The zero-order valence-electron chi connectivity index (χ0n) is 14.2. The van der Waals surface area contributed by atoms with Crippen LogP contribution in [0.5, 0.6) is 0 Å². The Morgan fingerprint density at radius 3 is 2.88 bits per heavy atom. The summed E-state index contributed by atoms with van der Waals surface area (Å²) in [6.45, 7) is 3.74. The van der Waals surface area contributed by atoms with E-state index in [1.165, 1.54) is 29.2 Å². The number of hydrogen-bond donors (Lipinski definition) is 1. The minimum atomic E-state index is -0.530. The molecule has 8 nitrogen and oxygen atoms in total. The Morgan fingerprint density at radius 2 is 2.19 bits per heavy atom. The van der Waals surface area contributed by atoms with E-state index in [1.54, 1.807) is 31.4 Å². The lowest BCUT2D eigenvalue weighted by Crippen LogP contribution is -2.16. The molecule has 0 spiro atoms. The number of amides is 1. The first-order chi connectivity index (χ1) is 12.4. The number of nitrogens with one attached hydrogen (secondary N) is 1. The Morgan fingerprint density at radius 1 is 1.42 bits per heavy atom. The topological polar surface area (TPSA) is 111 Å². The summed E-state index contributed by atoms with van der Waals surface area (Å²) in [4.78, 5) is 38.4. The molecule has 10 heteroatoms. The SMILES string of the molecule is CCOC(=O)Cc1csc(SCC(=O)Nc2c(C)cccc2[N+](=O)[O-])n1. The summed E-state index contributed by atoms with van der Waals surface area (Å²) in [5, 5.41) is 15.4. The van der Waals surface area contributed by atoms with Gasteiger partial charge in [-0.05, 0) is 19.4 Å². The molecule has 1 aromatic heterocycles. The van der Waals surface area contributed by atoms with Crippen molar-refractivity contribution in [3.8, 4) is 0 Å². The summed E-state index contributed by atoms with van der Waals surface area (Å²) in [5.74, 6) is -0.661. The van der Waals surface area contributed by atoms with E-state index >= 15 is 0 Å². The minimum Gasteiger partial charge on any atom is -0.466 e. The molecule has 1 amide bonds. The summed E-state index contributed by atoms with van der Waals surface area (Å²) >= 11 is 2.53. The maximum Gasteiger partial charge on any atom is 0.311 e. The molecule has 138 valence electrons. The Balaban J connectivity index is 1.93. The van der Waals surface area contributed by atoms with Crippen LogP contribution in [0.1, 0.15) is 18.2 Å². The summed E-state index contributed by atoms with van der Waals surface area (Å²) in [7, 11) is 0. The van der Waals surface area contributed by atoms with Crippen molar-refractivity contribution in [1.29, 1.82) is 0 Å². The lowest BCUT2D eigenvalue weighted by molar-refractivity contribution is -0.384. The number of aryl methyl sites for hydroxylation is 1. The van der Waals surface area contributed by atoms with Crippen LogP contribution in [0.25, 0.3) is 0 Å². The van der Waals surface area contributed by atoms with Crippen molar-refractivity contribution < 1.29 is 19.2 Å². The third-order valence-corrected chi connectivity index (χ3v) is 5.27. The maximum absolute atomic E-state index is 12.1. The van der Waals surface area contributed by atoms with Crippen molar-refractivity contribution in [3.63, 3.8) is 0 Å². The van der Waals surface area contributed by atoms with Gasteiger partial charge in [-0.15, -0.1) is 11.3 Å². The second-order valence-corrected chi connectivity index (χ2v) is 7.23.